The van der Waals surface area contributed by atoms with Gasteiger partial charge in [-0.15, -0.1) is 30.6 Å². The van der Waals surface area contributed by atoms with Gasteiger partial charge in [-0.1, -0.05) is 0 Å². The highest BCUT2D eigenvalue weighted by Gasteiger charge is 2.17. The molecule has 4 aromatic rings. The summed E-state index contributed by atoms with van der Waals surface area (Å²) >= 11 is 0. The van der Waals surface area contributed by atoms with Crippen molar-refractivity contribution in [3.63, 3.8) is 0 Å². The first-order chi connectivity index (χ1) is 17.1. The van der Waals surface area contributed by atoms with Crippen LogP contribution in [0.2, 0.25) is 0 Å². The van der Waals surface area contributed by atoms with Crippen LogP contribution in [0.1, 0.15) is 41.4 Å². The van der Waals surface area contributed by atoms with E-state index in [9.17, 15) is 39.6 Å². The van der Waals surface area contributed by atoms with Crippen LogP contribution in [0.5, 0.6) is 0 Å². The second-order valence-corrected chi connectivity index (χ2v) is 7.03. The number of aromatic nitrogens is 7. The molecule has 0 spiro atoms. The summed E-state index contributed by atoms with van der Waals surface area (Å²) in [5.41, 5.74) is -0.826. The van der Waals surface area contributed by atoms with Crippen LogP contribution in [0.25, 0.3) is 34.3 Å². The molecule has 0 aliphatic carbocycles. The molecule has 0 radical (unpaired) electrons. The maximum absolute atomic E-state index is 11.3. The van der Waals surface area contributed by atoms with Crippen LogP contribution in [0.4, 0.5) is 0 Å². The minimum atomic E-state index is -1.35. The van der Waals surface area contributed by atoms with E-state index >= 15 is 0 Å². The van der Waals surface area contributed by atoms with E-state index in [0.717, 1.165) is 24.3 Å². The predicted octanol–water partition coefficient (Wildman–Crippen LogP) is 1.25. The lowest BCUT2D eigenvalue weighted by molar-refractivity contribution is 0.0676. The highest BCUT2D eigenvalue weighted by Crippen LogP contribution is 2.22. The van der Waals surface area contributed by atoms with Crippen LogP contribution in [0, 0.1) is 0 Å². The van der Waals surface area contributed by atoms with Crippen molar-refractivity contribution in [2.75, 3.05) is 0 Å². The van der Waals surface area contributed by atoms with Crippen LogP contribution in [-0.2, 0) is 0 Å². The molecule has 15 heteroatoms. The van der Waals surface area contributed by atoms with Gasteiger partial charge in [-0.25, -0.2) is 24.2 Å². The molecule has 0 unspecified atom stereocenters. The van der Waals surface area contributed by atoms with Gasteiger partial charge in [-0.05, 0) is 36.4 Å². The molecule has 4 rings (SSSR count). The molecule has 0 fully saturated rings. The number of nitrogens with zero attached hydrogens (tertiary/aromatic N) is 7. The average Bonchev–Trinajstić information content (AvgIpc) is 2.88. The van der Waals surface area contributed by atoms with Gasteiger partial charge in [-0.2, -0.15) is 0 Å². The maximum atomic E-state index is 11.3. The lowest BCUT2D eigenvalue weighted by Gasteiger charge is -2.05. The molecule has 2 aromatic carbocycles. The summed E-state index contributed by atoms with van der Waals surface area (Å²) in [4.78, 5) is 49.2. The Morgan fingerprint density at radius 3 is 1.25 bits per heavy atom. The van der Waals surface area contributed by atoms with Gasteiger partial charge in [0.25, 0.3) is 0 Å². The Bertz CT molecular complexity index is 1360. The van der Waals surface area contributed by atoms with Crippen molar-refractivity contribution in [3.05, 3.63) is 64.8 Å². The van der Waals surface area contributed by atoms with Gasteiger partial charge in [0.15, 0.2) is 0 Å². The molecule has 4 N–H and O–H groups in total. The lowest BCUT2D eigenvalue weighted by Crippen LogP contribution is -2.06. The van der Waals surface area contributed by atoms with Crippen molar-refractivity contribution in [1.82, 2.24) is 35.6 Å². The zero-order chi connectivity index (χ0) is 26.0. The fourth-order valence-corrected chi connectivity index (χ4v) is 2.97. The van der Waals surface area contributed by atoms with Gasteiger partial charge in [-0.3, -0.25) is 0 Å². The zero-order valence-electron chi connectivity index (χ0n) is 17.6. The molecule has 15 nitrogen and oxygen atoms in total. The number of carboxylic acid groups (broad SMARTS) is 4. The average molecular weight is 489 g/mol. The Labute approximate surface area is 198 Å². The van der Waals surface area contributed by atoms with Crippen LogP contribution in [-0.4, -0.2) is 79.9 Å². The highest BCUT2D eigenvalue weighted by atomic mass is 16.4. The number of rotatable bonds is 7. The maximum Gasteiger partial charge on any atom is 0.335 e. The van der Waals surface area contributed by atoms with Crippen LogP contribution in [0.15, 0.2) is 42.6 Å². The van der Waals surface area contributed by atoms with Crippen molar-refractivity contribution in [2.45, 2.75) is 0 Å². The Balaban J connectivity index is 1.64. The summed E-state index contributed by atoms with van der Waals surface area (Å²) in [6, 6.07) is 6.74. The van der Waals surface area contributed by atoms with E-state index in [1.807, 2.05) is 0 Å². The standard InChI is InChI=1S/C21H11N7O8/c29-18(30)10-1-8(2-11(5-10)19(31)32)14-7-22-16(26-23-14)17-27-24-15(25-28-17)9-3-12(20(33)34)6-13(4-9)21(35)36/h1-7H,(H,29,30)(H,31,32)(H,33,34)(H,35,36). The van der Waals surface area contributed by atoms with Crippen molar-refractivity contribution in [2.24, 2.45) is 0 Å². The van der Waals surface area contributed by atoms with E-state index in [1.54, 1.807) is 0 Å². The molecule has 0 amide bonds. The van der Waals surface area contributed by atoms with Crippen molar-refractivity contribution in [1.29, 1.82) is 0 Å². The Kier molecular flexibility index (Phi) is 6.02. The quantitative estimate of drug-likeness (QED) is 0.285. The molecule has 2 heterocycles. The molecule has 0 bridgehead atoms. The largest absolute Gasteiger partial charge is 0.478 e. The number of aromatic carboxylic acids is 4. The summed E-state index contributed by atoms with van der Waals surface area (Å²) in [5.74, 6) is -5.79. The smallest absolute Gasteiger partial charge is 0.335 e. The normalized spacial score (nSPS) is 10.6. The van der Waals surface area contributed by atoms with Crippen molar-refractivity contribution >= 4 is 23.9 Å². The monoisotopic (exact) mass is 489 g/mol. The first-order valence-electron chi connectivity index (χ1n) is 9.64. The zero-order valence-corrected chi connectivity index (χ0v) is 17.6. The van der Waals surface area contributed by atoms with Crippen LogP contribution < -0.4 is 0 Å². The second-order valence-electron chi connectivity index (χ2n) is 7.03. The highest BCUT2D eigenvalue weighted by molar-refractivity contribution is 5.96. The molecule has 0 aliphatic heterocycles. The van der Waals surface area contributed by atoms with E-state index in [1.165, 1.54) is 18.3 Å². The molecule has 2 aromatic heterocycles. The Morgan fingerprint density at radius 1 is 0.472 bits per heavy atom. The number of benzene rings is 2. The van der Waals surface area contributed by atoms with Gasteiger partial charge < -0.3 is 20.4 Å². The Hall–Kier alpha value is -5.73. The fourth-order valence-electron chi connectivity index (χ4n) is 2.97. The number of hydrogen-bond donors (Lipinski definition) is 4. The van der Waals surface area contributed by atoms with Gasteiger partial charge in [0, 0.05) is 11.1 Å². The predicted molar refractivity (Wildman–Crippen MR) is 115 cm³/mol. The summed E-state index contributed by atoms with van der Waals surface area (Å²) < 4.78 is 0. The van der Waals surface area contributed by atoms with Crippen LogP contribution >= 0.6 is 0 Å². The lowest BCUT2D eigenvalue weighted by atomic mass is 10.0. The Morgan fingerprint density at radius 2 is 0.861 bits per heavy atom. The third-order valence-corrected chi connectivity index (χ3v) is 4.65. The van der Waals surface area contributed by atoms with Gasteiger partial charge in [0.05, 0.1) is 28.5 Å². The first kappa shape index (κ1) is 23.4. The summed E-state index contributed by atoms with van der Waals surface area (Å²) in [7, 11) is 0. The van der Waals surface area contributed by atoms with Gasteiger partial charge in [0.2, 0.25) is 17.5 Å². The van der Waals surface area contributed by atoms with Crippen LogP contribution in [0.3, 0.4) is 0 Å². The third-order valence-electron chi connectivity index (χ3n) is 4.65. The van der Waals surface area contributed by atoms with Crippen molar-refractivity contribution < 1.29 is 39.6 Å². The van der Waals surface area contributed by atoms with E-state index in [4.69, 9.17) is 0 Å². The molecular formula is C21H11N7O8. The molecular weight excluding hydrogens is 478 g/mol. The fraction of sp³-hybridized carbons (Fsp3) is 0. The van der Waals surface area contributed by atoms with Gasteiger partial charge >= 0.3 is 23.9 Å². The van der Waals surface area contributed by atoms with Crippen molar-refractivity contribution in [3.8, 4) is 34.3 Å². The molecule has 36 heavy (non-hydrogen) atoms. The van der Waals surface area contributed by atoms with E-state index in [0.29, 0.717) is 0 Å². The second kappa shape index (κ2) is 9.26. The number of carbonyl (C=O) groups is 4. The number of carboxylic acids is 4. The molecule has 0 saturated carbocycles. The molecule has 0 saturated heterocycles. The first-order valence-corrected chi connectivity index (χ1v) is 9.64. The minimum Gasteiger partial charge on any atom is -0.478 e. The molecule has 0 aliphatic rings. The number of hydrogen-bond acceptors (Lipinski definition) is 11. The summed E-state index contributed by atoms with van der Waals surface area (Å²) in [6.45, 7) is 0. The summed E-state index contributed by atoms with van der Waals surface area (Å²) in [6.07, 6.45) is 1.20. The summed E-state index contributed by atoms with van der Waals surface area (Å²) in [5, 5.41) is 59.8. The van der Waals surface area contributed by atoms with E-state index in [-0.39, 0.29) is 56.5 Å². The minimum absolute atomic E-state index is 0.0563. The van der Waals surface area contributed by atoms with E-state index in [2.05, 4.69) is 35.6 Å². The van der Waals surface area contributed by atoms with E-state index < -0.39 is 23.9 Å². The molecule has 0 atom stereocenters. The third kappa shape index (κ3) is 4.79. The SMILES string of the molecule is O=C(O)c1cc(C(=O)O)cc(-c2cnc(-c3nnc(-c4cc(C(=O)O)cc(C(=O)O)c4)nn3)nn2)c1. The topological polar surface area (TPSA) is 239 Å². The van der Waals surface area contributed by atoms with Gasteiger partial charge in [0.1, 0.15) is 5.69 Å². The molecule has 178 valence electrons.